The van der Waals surface area contributed by atoms with Crippen LogP contribution in [0.4, 0.5) is 5.82 Å². The van der Waals surface area contributed by atoms with Gasteiger partial charge in [0.1, 0.15) is 36.3 Å². The second-order valence-electron chi connectivity index (χ2n) is 15.8. The second-order valence-corrected chi connectivity index (χ2v) is 21.2. The second kappa shape index (κ2) is 26.2. The standard InChI is InChI=1S/C35H62N7O18P3S/c1-4-5-6-7-8-9-10-11-12-13-23(43)18-26(45)64-17-16-37-25(44)14-15-38-33(48)30(47)35(2,3)20-57-63(54,55)60-62(52,53)56-19-24-29(59-61(49,50)51)28(46)34(58-24)42-22-41-27-31(36)39-21-40-32(27)42/h21-24,28-30,34,43,46-47H,4-20H2,1-3H3,(H,37,44)(H,38,48)(H,52,53)(H,54,55)(H2,36,39,40)(H2,49,50,51)/t23-,24+,28+,29+,30-,34+/m0/s1. The third kappa shape index (κ3) is 19.4. The van der Waals surface area contributed by atoms with E-state index < -0.39 is 90.7 Å². The first-order valence-corrected chi connectivity index (χ1v) is 26.2. The van der Waals surface area contributed by atoms with E-state index in [2.05, 4.69) is 41.3 Å². The molecule has 2 unspecified atom stereocenters. The molecule has 0 saturated carbocycles. The van der Waals surface area contributed by atoms with Crippen LogP contribution in [0.3, 0.4) is 0 Å². The first-order valence-electron chi connectivity index (χ1n) is 20.7. The fourth-order valence-electron chi connectivity index (χ4n) is 6.34. The molecule has 2 aromatic heterocycles. The zero-order valence-corrected chi connectivity index (χ0v) is 39.4. The van der Waals surface area contributed by atoms with Crippen molar-refractivity contribution in [2.45, 2.75) is 135 Å². The number of imidazole rings is 1. The van der Waals surface area contributed by atoms with Crippen molar-refractivity contribution in [3.8, 4) is 0 Å². The molecule has 1 aliphatic rings. The maximum Gasteiger partial charge on any atom is 0.481 e. The largest absolute Gasteiger partial charge is 0.481 e. The van der Waals surface area contributed by atoms with Crippen LogP contribution in [0.1, 0.15) is 104 Å². The summed E-state index contributed by atoms with van der Waals surface area (Å²) < 4.78 is 62.3. The monoisotopic (exact) mass is 993 g/mol. The van der Waals surface area contributed by atoms with Crippen LogP contribution in [0, 0.1) is 5.41 Å². The number of aliphatic hydroxyl groups is 3. The van der Waals surface area contributed by atoms with E-state index in [-0.39, 0.29) is 53.8 Å². The summed E-state index contributed by atoms with van der Waals surface area (Å²) in [5.74, 6) is -1.22. The van der Waals surface area contributed by atoms with Crippen molar-refractivity contribution in [3.05, 3.63) is 12.7 Å². The predicted molar refractivity (Wildman–Crippen MR) is 230 cm³/mol. The van der Waals surface area contributed by atoms with Crippen molar-refractivity contribution >= 4 is 69.1 Å². The lowest BCUT2D eigenvalue weighted by Gasteiger charge is -2.30. The molecule has 3 rings (SSSR count). The van der Waals surface area contributed by atoms with Crippen LogP contribution in [-0.2, 0) is 50.7 Å². The minimum absolute atomic E-state index is 0.0253. The molecule has 1 fully saturated rings. The van der Waals surface area contributed by atoms with Crippen molar-refractivity contribution < 1.29 is 85.6 Å². The lowest BCUT2D eigenvalue weighted by molar-refractivity contribution is -0.137. The third-order valence-corrected chi connectivity index (χ3v) is 13.8. The van der Waals surface area contributed by atoms with E-state index in [0.717, 1.165) is 48.2 Å². The summed E-state index contributed by atoms with van der Waals surface area (Å²) in [4.78, 5) is 88.2. The molecule has 0 aliphatic carbocycles. The number of hydrogen-bond acceptors (Lipinski definition) is 19. The van der Waals surface area contributed by atoms with Crippen molar-refractivity contribution in [3.63, 3.8) is 0 Å². The Morgan fingerprint density at radius 2 is 1.58 bits per heavy atom. The number of phosphoric ester groups is 3. The van der Waals surface area contributed by atoms with E-state index in [1.165, 1.54) is 52.4 Å². The summed E-state index contributed by atoms with van der Waals surface area (Å²) >= 11 is 0.995. The number of nitrogens with zero attached hydrogens (tertiary/aromatic N) is 4. The number of carbonyl (C=O) groups excluding carboxylic acids is 3. The topological polar surface area (TPSA) is 384 Å². The molecule has 0 bridgehead atoms. The number of amides is 2. The fourth-order valence-corrected chi connectivity index (χ4v) is 9.91. The molecule has 1 aliphatic heterocycles. The molecule has 0 radical (unpaired) electrons. The molecule has 0 spiro atoms. The molecule has 11 N–H and O–H groups in total. The van der Waals surface area contributed by atoms with E-state index in [1.807, 2.05) is 0 Å². The fraction of sp³-hybridized carbons (Fsp3) is 0.771. The molecule has 2 aromatic rings. The molecule has 64 heavy (non-hydrogen) atoms. The Hall–Kier alpha value is -2.48. The van der Waals surface area contributed by atoms with Gasteiger partial charge in [-0.25, -0.2) is 28.6 Å². The van der Waals surface area contributed by atoms with Gasteiger partial charge in [-0.1, -0.05) is 90.3 Å². The van der Waals surface area contributed by atoms with Gasteiger partial charge in [-0.3, -0.25) is 32.5 Å². The summed E-state index contributed by atoms with van der Waals surface area (Å²) in [5.41, 5.74) is 4.25. The Morgan fingerprint density at radius 3 is 2.23 bits per heavy atom. The third-order valence-electron chi connectivity index (χ3n) is 9.81. The lowest BCUT2D eigenvalue weighted by atomic mass is 9.87. The summed E-state index contributed by atoms with van der Waals surface area (Å²) in [6.45, 7) is 2.59. The van der Waals surface area contributed by atoms with Crippen LogP contribution in [0.5, 0.6) is 0 Å². The quantitative estimate of drug-likeness (QED) is 0.0383. The maximum absolute atomic E-state index is 12.7. The number of rotatable bonds is 31. The summed E-state index contributed by atoms with van der Waals surface area (Å²) in [6, 6.07) is 0. The first kappa shape index (κ1) is 55.8. The van der Waals surface area contributed by atoms with Crippen LogP contribution < -0.4 is 16.4 Å². The average molecular weight is 994 g/mol. The van der Waals surface area contributed by atoms with Crippen LogP contribution in [0.15, 0.2) is 12.7 Å². The molecule has 1 saturated heterocycles. The molecule has 366 valence electrons. The molecule has 25 nitrogen and oxygen atoms in total. The Balaban J connectivity index is 1.36. The highest BCUT2D eigenvalue weighted by Crippen LogP contribution is 2.61. The number of ether oxygens (including phenoxy) is 1. The highest BCUT2D eigenvalue weighted by atomic mass is 32.2. The molecule has 2 amide bonds. The molecular weight excluding hydrogens is 931 g/mol. The Labute approximate surface area is 374 Å². The van der Waals surface area contributed by atoms with Crippen molar-refractivity contribution in [2.24, 2.45) is 5.41 Å². The van der Waals surface area contributed by atoms with Gasteiger partial charge in [-0.2, -0.15) is 4.31 Å². The van der Waals surface area contributed by atoms with Crippen molar-refractivity contribution in [1.29, 1.82) is 0 Å². The number of aliphatic hydroxyl groups excluding tert-OH is 3. The SMILES string of the molecule is CCCCCCCCCCC[C@H](O)CC(=O)SCCNC(=O)CCNC(=O)[C@H](O)C(C)(C)COP(=O)(O)OP(=O)(O)OC[C@H]1O[C@@H](n2cnc3c(N)ncnc32)[C@H](O)[C@@H]1OP(=O)(O)O. The van der Waals surface area contributed by atoms with Crippen LogP contribution in [-0.4, -0.2) is 134 Å². The maximum atomic E-state index is 12.7. The van der Waals surface area contributed by atoms with E-state index >= 15 is 0 Å². The average Bonchev–Trinajstić information content (AvgIpc) is 3.76. The minimum Gasteiger partial charge on any atom is -0.393 e. The molecule has 3 heterocycles. The lowest BCUT2D eigenvalue weighted by Crippen LogP contribution is -2.46. The smallest absolute Gasteiger partial charge is 0.393 e. The van der Waals surface area contributed by atoms with E-state index in [4.69, 9.17) is 19.5 Å². The summed E-state index contributed by atoms with van der Waals surface area (Å²) in [6.07, 6.45) is 3.31. The van der Waals surface area contributed by atoms with Crippen molar-refractivity contribution in [1.82, 2.24) is 30.2 Å². The number of carbonyl (C=O) groups is 3. The zero-order valence-electron chi connectivity index (χ0n) is 35.9. The van der Waals surface area contributed by atoms with Crippen LogP contribution in [0.25, 0.3) is 11.2 Å². The number of nitrogens with one attached hydrogen (secondary N) is 2. The van der Waals surface area contributed by atoms with Crippen molar-refractivity contribution in [2.75, 3.05) is 37.8 Å². The van der Waals surface area contributed by atoms with Gasteiger partial charge >= 0.3 is 23.5 Å². The van der Waals surface area contributed by atoms with Gasteiger partial charge in [0, 0.05) is 37.1 Å². The Kier molecular flexibility index (Phi) is 22.8. The van der Waals surface area contributed by atoms with Gasteiger partial charge in [0.25, 0.3) is 0 Å². The Bertz CT molecular complexity index is 1960. The number of hydrogen-bond donors (Lipinski definition) is 10. The number of aromatic nitrogens is 4. The number of thioether (sulfide) groups is 1. The number of phosphoric acid groups is 3. The minimum atomic E-state index is -5.58. The van der Waals surface area contributed by atoms with Gasteiger partial charge in [0.15, 0.2) is 22.8 Å². The molecule has 8 atom stereocenters. The zero-order chi connectivity index (χ0) is 47.7. The van der Waals surface area contributed by atoms with Crippen LogP contribution in [0.2, 0.25) is 0 Å². The number of unbranched alkanes of at least 4 members (excludes halogenated alkanes) is 8. The van der Waals surface area contributed by atoms with E-state index in [1.54, 1.807) is 0 Å². The number of nitrogen functional groups attached to an aromatic ring is 1. The Morgan fingerprint density at radius 1 is 0.938 bits per heavy atom. The number of anilines is 1. The number of fused-ring (bicyclic) bond motifs is 1. The van der Waals surface area contributed by atoms with Gasteiger partial charge in [0.2, 0.25) is 11.8 Å². The van der Waals surface area contributed by atoms with E-state index in [9.17, 15) is 63.0 Å². The summed E-state index contributed by atoms with van der Waals surface area (Å²) in [5, 5.41) is 36.5. The van der Waals surface area contributed by atoms with Gasteiger partial charge < -0.3 is 56.0 Å². The first-order chi connectivity index (χ1) is 29.9. The van der Waals surface area contributed by atoms with Gasteiger partial charge in [0.05, 0.1) is 25.6 Å². The molecule has 0 aromatic carbocycles. The molecule has 29 heteroatoms. The highest BCUT2D eigenvalue weighted by molar-refractivity contribution is 8.13. The van der Waals surface area contributed by atoms with E-state index in [0.29, 0.717) is 6.42 Å². The number of nitrogens with two attached hydrogens (primary N) is 1. The molecular formula is C35H62N7O18P3S. The highest BCUT2D eigenvalue weighted by Gasteiger charge is 2.50. The predicted octanol–water partition coefficient (Wildman–Crippen LogP) is 2.34. The van der Waals surface area contributed by atoms with Gasteiger partial charge in [-0.05, 0) is 6.42 Å². The van der Waals surface area contributed by atoms with Crippen LogP contribution >= 0.6 is 35.2 Å². The normalized spacial score (nSPS) is 21.0. The summed E-state index contributed by atoms with van der Waals surface area (Å²) in [7, 11) is -16.4. The van der Waals surface area contributed by atoms with Gasteiger partial charge in [-0.15, -0.1) is 0 Å².